The summed E-state index contributed by atoms with van der Waals surface area (Å²) in [5.41, 5.74) is 2.37. The van der Waals surface area contributed by atoms with Gasteiger partial charge in [-0.3, -0.25) is 4.79 Å². The summed E-state index contributed by atoms with van der Waals surface area (Å²) in [6.45, 7) is 2.05. The second-order valence-corrected chi connectivity index (χ2v) is 6.22. The Morgan fingerprint density at radius 2 is 1.92 bits per heavy atom. The Balaban J connectivity index is 1.48. The maximum atomic E-state index is 12.6. The first-order chi connectivity index (χ1) is 12.3. The van der Waals surface area contributed by atoms with Crippen molar-refractivity contribution in [2.45, 2.75) is 25.9 Å². The maximum Gasteiger partial charge on any atom is 0.253 e. The third kappa shape index (κ3) is 3.33. The molecular formula is C19H20N4O2. The van der Waals surface area contributed by atoms with Gasteiger partial charge in [-0.1, -0.05) is 12.1 Å². The maximum absolute atomic E-state index is 12.6. The highest BCUT2D eigenvalue weighted by Crippen LogP contribution is 2.19. The van der Waals surface area contributed by atoms with Crippen LogP contribution in [0.1, 0.15) is 35.3 Å². The fourth-order valence-electron chi connectivity index (χ4n) is 3.17. The van der Waals surface area contributed by atoms with E-state index < -0.39 is 0 Å². The smallest absolute Gasteiger partial charge is 0.253 e. The van der Waals surface area contributed by atoms with E-state index in [1.165, 1.54) is 12.7 Å². The van der Waals surface area contributed by atoms with Gasteiger partial charge in [-0.25, -0.2) is 9.50 Å². The fourth-order valence-corrected chi connectivity index (χ4v) is 3.17. The van der Waals surface area contributed by atoms with Gasteiger partial charge in [-0.15, -0.1) is 0 Å². The van der Waals surface area contributed by atoms with Crippen LogP contribution < -0.4 is 4.74 Å². The summed E-state index contributed by atoms with van der Waals surface area (Å²) in [5.74, 6) is 0.767. The van der Waals surface area contributed by atoms with Crippen LogP contribution in [0.2, 0.25) is 0 Å². The van der Waals surface area contributed by atoms with E-state index >= 15 is 0 Å². The molecule has 4 rings (SSSR count). The SMILES string of the molecule is O=C(c1cccc(OCc2cccc3ncnn23)c1)N1CCCCC1. The summed E-state index contributed by atoms with van der Waals surface area (Å²) in [6.07, 6.45) is 4.91. The topological polar surface area (TPSA) is 59.7 Å². The lowest BCUT2D eigenvalue weighted by Gasteiger charge is -2.26. The van der Waals surface area contributed by atoms with Crippen molar-refractivity contribution in [3.63, 3.8) is 0 Å². The zero-order valence-electron chi connectivity index (χ0n) is 14.0. The minimum absolute atomic E-state index is 0.0866. The van der Waals surface area contributed by atoms with E-state index in [9.17, 15) is 4.79 Å². The predicted molar refractivity (Wildman–Crippen MR) is 93.5 cm³/mol. The van der Waals surface area contributed by atoms with Crippen LogP contribution >= 0.6 is 0 Å². The van der Waals surface area contributed by atoms with E-state index in [0.717, 1.165) is 37.3 Å². The van der Waals surface area contributed by atoms with Gasteiger partial charge in [0.1, 0.15) is 18.7 Å². The number of benzene rings is 1. The van der Waals surface area contributed by atoms with Crippen molar-refractivity contribution in [2.24, 2.45) is 0 Å². The molecule has 3 aromatic rings. The van der Waals surface area contributed by atoms with Crippen LogP contribution in [0.15, 0.2) is 48.8 Å². The molecule has 128 valence electrons. The van der Waals surface area contributed by atoms with Crippen LogP contribution in [0, 0.1) is 0 Å². The van der Waals surface area contributed by atoms with Crippen molar-refractivity contribution in [3.8, 4) is 5.75 Å². The number of piperidine rings is 1. The summed E-state index contributed by atoms with van der Waals surface area (Å²) < 4.78 is 7.64. The second kappa shape index (κ2) is 6.93. The van der Waals surface area contributed by atoms with Crippen molar-refractivity contribution < 1.29 is 9.53 Å². The standard InChI is InChI=1S/C19H20N4O2/c24-19(22-10-2-1-3-11-22)15-6-4-8-17(12-15)25-13-16-7-5-9-18-20-14-21-23(16)18/h4-9,12,14H,1-3,10-11,13H2. The number of carbonyl (C=O) groups is 1. The van der Waals surface area contributed by atoms with Gasteiger partial charge in [0.2, 0.25) is 0 Å². The van der Waals surface area contributed by atoms with Crippen LogP contribution in [0.3, 0.4) is 0 Å². The molecule has 0 bridgehead atoms. The van der Waals surface area contributed by atoms with Gasteiger partial charge in [-0.2, -0.15) is 5.10 Å². The van der Waals surface area contributed by atoms with Crippen molar-refractivity contribution in [3.05, 3.63) is 60.0 Å². The van der Waals surface area contributed by atoms with Crippen LogP contribution in [-0.2, 0) is 6.61 Å². The van der Waals surface area contributed by atoms with Crippen LogP contribution in [0.25, 0.3) is 5.65 Å². The van der Waals surface area contributed by atoms with Crippen LogP contribution in [-0.4, -0.2) is 38.5 Å². The number of hydrogen-bond acceptors (Lipinski definition) is 4. The highest BCUT2D eigenvalue weighted by molar-refractivity contribution is 5.94. The summed E-state index contributed by atoms with van der Waals surface area (Å²) in [7, 11) is 0. The zero-order valence-corrected chi connectivity index (χ0v) is 14.0. The highest BCUT2D eigenvalue weighted by atomic mass is 16.5. The van der Waals surface area contributed by atoms with Crippen LogP contribution in [0.4, 0.5) is 0 Å². The first kappa shape index (κ1) is 15.6. The Morgan fingerprint density at radius 1 is 1.08 bits per heavy atom. The quantitative estimate of drug-likeness (QED) is 0.735. The number of rotatable bonds is 4. The van der Waals surface area contributed by atoms with Gasteiger partial charge in [0.15, 0.2) is 5.65 Å². The molecule has 1 aliphatic heterocycles. The fraction of sp³-hybridized carbons (Fsp3) is 0.316. The largest absolute Gasteiger partial charge is 0.487 e. The first-order valence-corrected chi connectivity index (χ1v) is 8.61. The molecule has 0 radical (unpaired) electrons. The van der Waals surface area contributed by atoms with E-state index in [1.54, 1.807) is 4.52 Å². The van der Waals surface area contributed by atoms with E-state index in [0.29, 0.717) is 17.9 Å². The van der Waals surface area contributed by atoms with E-state index in [2.05, 4.69) is 10.1 Å². The molecule has 1 fully saturated rings. The van der Waals surface area contributed by atoms with Gasteiger partial charge < -0.3 is 9.64 Å². The van der Waals surface area contributed by atoms with Gasteiger partial charge >= 0.3 is 0 Å². The minimum Gasteiger partial charge on any atom is -0.487 e. The summed E-state index contributed by atoms with van der Waals surface area (Å²) in [6, 6.07) is 13.2. The first-order valence-electron chi connectivity index (χ1n) is 8.61. The summed E-state index contributed by atoms with van der Waals surface area (Å²) in [5, 5.41) is 4.20. The Kier molecular flexibility index (Phi) is 4.33. The molecule has 0 N–H and O–H groups in total. The van der Waals surface area contributed by atoms with Crippen molar-refractivity contribution >= 4 is 11.6 Å². The average molecular weight is 336 g/mol. The third-order valence-electron chi connectivity index (χ3n) is 4.49. The summed E-state index contributed by atoms with van der Waals surface area (Å²) >= 11 is 0. The Labute approximate surface area is 146 Å². The number of nitrogens with zero attached hydrogens (tertiary/aromatic N) is 4. The number of pyridine rings is 1. The summed E-state index contributed by atoms with van der Waals surface area (Å²) in [4.78, 5) is 18.7. The number of fused-ring (bicyclic) bond motifs is 1. The van der Waals surface area contributed by atoms with E-state index in [1.807, 2.05) is 47.4 Å². The third-order valence-corrected chi connectivity index (χ3v) is 4.49. The van der Waals surface area contributed by atoms with Gasteiger partial charge in [0.05, 0.1) is 5.69 Å². The minimum atomic E-state index is 0.0866. The molecule has 0 unspecified atom stereocenters. The van der Waals surface area contributed by atoms with Crippen molar-refractivity contribution in [1.82, 2.24) is 19.5 Å². The molecule has 0 saturated carbocycles. The lowest BCUT2D eigenvalue weighted by atomic mass is 10.1. The molecule has 1 amide bonds. The lowest BCUT2D eigenvalue weighted by Crippen LogP contribution is -2.35. The number of aromatic nitrogens is 3. The molecule has 3 heterocycles. The van der Waals surface area contributed by atoms with Gasteiger partial charge in [-0.05, 0) is 49.6 Å². The molecule has 0 aliphatic carbocycles. The molecular weight excluding hydrogens is 316 g/mol. The molecule has 0 spiro atoms. The average Bonchev–Trinajstić information content (AvgIpc) is 3.16. The molecule has 1 aliphatic rings. The molecule has 6 nitrogen and oxygen atoms in total. The lowest BCUT2D eigenvalue weighted by molar-refractivity contribution is 0.0724. The van der Waals surface area contributed by atoms with Crippen molar-refractivity contribution in [2.75, 3.05) is 13.1 Å². The molecule has 1 aromatic carbocycles. The Bertz CT molecular complexity index is 884. The van der Waals surface area contributed by atoms with Crippen molar-refractivity contribution in [1.29, 1.82) is 0 Å². The zero-order chi connectivity index (χ0) is 17.1. The van der Waals surface area contributed by atoms with E-state index in [-0.39, 0.29) is 5.91 Å². The molecule has 1 saturated heterocycles. The Hall–Kier alpha value is -2.89. The monoisotopic (exact) mass is 336 g/mol. The molecule has 25 heavy (non-hydrogen) atoms. The number of hydrogen-bond donors (Lipinski definition) is 0. The van der Waals surface area contributed by atoms with E-state index in [4.69, 9.17) is 4.74 Å². The van der Waals surface area contributed by atoms with Gasteiger partial charge in [0.25, 0.3) is 5.91 Å². The predicted octanol–water partition coefficient (Wildman–Crippen LogP) is 2.93. The van der Waals surface area contributed by atoms with Crippen LogP contribution in [0.5, 0.6) is 5.75 Å². The number of ether oxygens (including phenoxy) is 1. The number of likely N-dealkylation sites (tertiary alicyclic amines) is 1. The Morgan fingerprint density at radius 3 is 2.80 bits per heavy atom. The number of amides is 1. The molecule has 2 aromatic heterocycles. The molecule has 6 heteroatoms. The highest BCUT2D eigenvalue weighted by Gasteiger charge is 2.18. The molecule has 0 atom stereocenters. The van der Waals surface area contributed by atoms with Gasteiger partial charge in [0, 0.05) is 18.7 Å². The number of carbonyl (C=O) groups excluding carboxylic acids is 1. The second-order valence-electron chi connectivity index (χ2n) is 6.22. The normalized spacial score (nSPS) is 14.6.